The third-order valence-corrected chi connectivity index (χ3v) is 10.2. The molecule has 5 aromatic rings. The highest BCUT2D eigenvalue weighted by molar-refractivity contribution is 8.24. The molecule has 0 saturated carbocycles. The van der Waals surface area contributed by atoms with E-state index < -0.39 is 10.6 Å². The number of aromatic amines is 1. The van der Waals surface area contributed by atoms with Crippen molar-refractivity contribution in [2.24, 2.45) is 0 Å². The van der Waals surface area contributed by atoms with Crippen LogP contribution < -0.4 is 4.90 Å². The van der Waals surface area contributed by atoms with Crippen LogP contribution in [0.2, 0.25) is 0 Å². The Balaban J connectivity index is 1.11. The standard InChI is InChI=1S/C30H32N6O2S/c1-30(2)19-39(37,38)27-17-21(7-8-22(27)30)29-33-24-4-3-5-26(28(24)34-29)36-14-12-35(13-15-36)18-20-6-9-23-25(16-20)32-11-10-31-23/h3-11,16-17,37-38H,12-15,18-19H2,1-2H3,(H,33,34). The Labute approximate surface area is 229 Å². The second-order valence-electron chi connectivity index (χ2n) is 11.3. The lowest BCUT2D eigenvalue weighted by atomic mass is 9.87. The van der Waals surface area contributed by atoms with E-state index in [0.717, 1.165) is 77.4 Å². The predicted molar refractivity (Wildman–Crippen MR) is 158 cm³/mol. The van der Waals surface area contributed by atoms with Crippen molar-refractivity contribution in [3.05, 3.63) is 78.1 Å². The van der Waals surface area contributed by atoms with Gasteiger partial charge >= 0.3 is 0 Å². The first-order valence-corrected chi connectivity index (χ1v) is 15.0. The van der Waals surface area contributed by atoms with Gasteiger partial charge in [-0.15, -0.1) is 0 Å². The molecule has 0 spiro atoms. The fourth-order valence-electron chi connectivity index (χ4n) is 6.08. The summed E-state index contributed by atoms with van der Waals surface area (Å²) in [7, 11) is -2.80. The van der Waals surface area contributed by atoms with Gasteiger partial charge in [-0.3, -0.25) is 24.0 Å². The van der Waals surface area contributed by atoms with Gasteiger partial charge in [-0.05, 0) is 41.5 Å². The molecule has 2 aliphatic rings. The summed E-state index contributed by atoms with van der Waals surface area (Å²) in [6.07, 6.45) is 3.47. The molecule has 3 N–H and O–H groups in total. The minimum atomic E-state index is -2.80. The summed E-state index contributed by atoms with van der Waals surface area (Å²) in [5, 5.41) is 0. The van der Waals surface area contributed by atoms with E-state index in [4.69, 9.17) is 4.98 Å². The van der Waals surface area contributed by atoms with Crippen LogP contribution in [0.15, 0.2) is 71.9 Å². The van der Waals surface area contributed by atoms with Gasteiger partial charge < -0.3 is 9.88 Å². The van der Waals surface area contributed by atoms with E-state index in [0.29, 0.717) is 10.6 Å². The average Bonchev–Trinajstić information content (AvgIpc) is 3.44. The molecule has 200 valence electrons. The van der Waals surface area contributed by atoms with E-state index in [1.165, 1.54) is 5.56 Å². The number of H-pyrrole nitrogens is 1. The Morgan fingerprint density at radius 2 is 1.72 bits per heavy atom. The van der Waals surface area contributed by atoms with Crippen LogP contribution in [0.3, 0.4) is 0 Å². The Morgan fingerprint density at radius 1 is 0.923 bits per heavy atom. The zero-order valence-corrected chi connectivity index (χ0v) is 22.9. The molecular formula is C30H32N6O2S. The fraction of sp³-hybridized carbons (Fsp3) is 0.300. The van der Waals surface area contributed by atoms with Crippen molar-refractivity contribution in [1.29, 1.82) is 0 Å². The molecule has 1 saturated heterocycles. The van der Waals surface area contributed by atoms with E-state index in [1.54, 1.807) is 12.4 Å². The molecular weight excluding hydrogens is 508 g/mol. The summed E-state index contributed by atoms with van der Waals surface area (Å²) in [4.78, 5) is 22.8. The number of piperazine rings is 1. The monoisotopic (exact) mass is 540 g/mol. The molecule has 1 fully saturated rings. The molecule has 4 heterocycles. The largest absolute Gasteiger partial charge is 0.367 e. The summed E-state index contributed by atoms with van der Waals surface area (Å²) in [5.74, 6) is 1.11. The van der Waals surface area contributed by atoms with E-state index in [-0.39, 0.29) is 5.41 Å². The van der Waals surface area contributed by atoms with Crippen LogP contribution in [-0.2, 0) is 12.0 Å². The number of imidazole rings is 1. The van der Waals surface area contributed by atoms with E-state index >= 15 is 0 Å². The van der Waals surface area contributed by atoms with Crippen LogP contribution in [-0.4, -0.2) is 65.9 Å². The molecule has 2 aliphatic heterocycles. The normalized spacial score (nSPS) is 19.4. The molecule has 3 aromatic carbocycles. The average molecular weight is 541 g/mol. The van der Waals surface area contributed by atoms with Gasteiger partial charge in [0, 0.05) is 56.1 Å². The SMILES string of the molecule is CC1(C)CS(O)(O)c2cc(-c3nc4c(N5CCN(Cc6ccc7nccnc7c6)CC5)cccc4[nH]3)ccc21. The summed E-state index contributed by atoms with van der Waals surface area (Å²) in [6, 6.07) is 18.6. The molecule has 0 unspecified atom stereocenters. The summed E-state index contributed by atoms with van der Waals surface area (Å²) in [6.45, 7) is 8.79. The topological polar surface area (TPSA) is 101 Å². The minimum Gasteiger partial charge on any atom is -0.367 e. The van der Waals surface area contributed by atoms with Crippen LogP contribution >= 0.6 is 10.6 Å². The summed E-state index contributed by atoms with van der Waals surface area (Å²) in [5.41, 5.74) is 7.80. The molecule has 0 aliphatic carbocycles. The summed E-state index contributed by atoms with van der Waals surface area (Å²) >= 11 is 0. The molecule has 7 rings (SSSR count). The van der Waals surface area contributed by atoms with Crippen molar-refractivity contribution < 1.29 is 9.11 Å². The van der Waals surface area contributed by atoms with E-state index in [9.17, 15) is 9.11 Å². The van der Waals surface area contributed by atoms with Gasteiger partial charge in [-0.25, -0.2) is 4.98 Å². The zero-order valence-electron chi connectivity index (χ0n) is 22.1. The number of hydrogen-bond acceptors (Lipinski definition) is 7. The number of benzene rings is 3. The van der Waals surface area contributed by atoms with Crippen LogP contribution in [0.5, 0.6) is 0 Å². The second kappa shape index (κ2) is 9.02. The third-order valence-electron chi connectivity index (χ3n) is 8.04. The highest BCUT2D eigenvalue weighted by Gasteiger charge is 2.40. The number of hydrogen-bond donors (Lipinski definition) is 3. The van der Waals surface area contributed by atoms with Gasteiger partial charge in [0.1, 0.15) is 11.3 Å². The van der Waals surface area contributed by atoms with Crippen molar-refractivity contribution in [1.82, 2.24) is 24.8 Å². The van der Waals surface area contributed by atoms with Gasteiger partial charge in [0.15, 0.2) is 0 Å². The van der Waals surface area contributed by atoms with Crippen molar-refractivity contribution >= 4 is 38.3 Å². The molecule has 0 bridgehead atoms. The first-order chi connectivity index (χ1) is 18.8. The van der Waals surface area contributed by atoms with Crippen LogP contribution in [0.4, 0.5) is 5.69 Å². The van der Waals surface area contributed by atoms with Gasteiger partial charge in [0.25, 0.3) is 0 Å². The molecule has 8 nitrogen and oxygen atoms in total. The lowest BCUT2D eigenvalue weighted by molar-refractivity contribution is 0.250. The van der Waals surface area contributed by atoms with Crippen molar-refractivity contribution in [3.8, 4) is 11.4 Å². The Morgan fingerprint density at radius 3 is 2.54 bits per heavy atom. The molecule has 0 amide bonds. The highest BCUT2D eigenvalue weighted by Crippen LogP contribution is 2.61. The Kier molecular flexibility index (Phi) is 5.68. The van der Waals surface area contributed by atoms with E-state index in [2.05, 4.69) is 68.9 Å². The van der Waals surface area contributed by atoms with E-state index in [1.807, 2.05) is 24.3 Å². The van der Waals surface area contributed by atoms with Crippen LogP contribution in [0, 0.1) is 0 Å². The smallest absolute Gasteiger partial charge is 0.138 e. The number of nitrogens with zero attached hydrogens (tertiary/aromatic N) is 5. The highest BCUT2D eigenvalue weighted by atomic mass is 32.3. The maximum Gasteiger partial charge on any atom is 0.138 e. The van der Waals surface area contributed by atoms with Gasteiger partial charge in [0.05, 0.1) is 32.9 Å². The molecule has 0 radical (unpaired) electrons. The maximum absolute atomic E-state index is 10.8. The number of nitrogens with one attached hydrogen (secondary N) is 1. The summed E-state index contributed by atoms with van der Waals surface area (Å²) < 4.78 is 21.5. The predicted octanol–water partition coefficient (Wildman–Crippen LogP) is 5.90. The lowest BCUT2D eigenvalue weighted by Crippen LogP contribution is -2.46. The van der Waals surface area contributed by atoms with Crippen molar-refractivity contribution in [2.75, 3.05) is 36.8 Å². The number of aromatic nitrogens is 4. The lowest BCUT2D eigenvalue weighted by Gasteiger charge is -2.36. The van der Waals surface area contributed by atoms with Crippen LogP contribution in [0.25, 0.3) is 33.5 Å². The van der Waals surface area contributed by atoms with Crippen molar-refractivity contribution in [3.63, 3.8) is 0 Å². The van der Waals surface area contributed by atoms with Gasteiger partial charge in [0.2, 0.25) is 0 Å². The first kappa shape index (κ1) is 24.5. The van der Waals surface area contributed by atoms with Gasteiger partial charge in [-0.2, -0.15) is 10.6 Å². The Bertz CT molecular complexity index is 1710. The van der Waals surface area contributed by atoms with Crippen molar-refractivity contribution in [2.45, 2.75) is 30.7 Å². The number of anilines is 1. The van der Waals surface area contributed by atoms with Gasteiger partial charge in [-0.1, -0.05) is 38.1 Å². The van der Waals surface area contributed by atoms with Crippen LogP contribution in [0.1, 0.15) is 25.0 Å². The number of fused-ring (bicyclic) bond motifs is 3. The maximum atomic E-state index is 10.8. The number of para-hydroxylation sites is 1. The number of rotatable bonds is 4. The first-order valence-electron chi connectivity index (χ1n) is 13.3. The molecule has 39 heavy (non-hydrogen) atoms. The zero-order chi connectivity index (χ0) is 26.8. The molecule has 0 atom stereocenters. The fourth-order valence-corrected chi connectivity index (χ4v) is 8.41. The second-order valence-corrected chi connectivity index (χ2v) is 13.4. The quantitative estimate of drug-likeness (QED) is 0.261. The third kappa shape index (κ3) is 4.35. The Hall–Kier alpha value is -3.50. The molecule has 9 heteroatoms. The minimum absolute atomic E-state index is 0.252. The molecule has 2 aromatic heterocycles.